The van der Waals surface area contributed by atoms with Crippen LogP contribution < -0.4 is 9.47 Å². The Hall–Kier alpha value is -1.75. The number of ether oxygens (including phenoxy) is 3. The SMILES string of the molecule is COc1cc(CCC(=O)N2CCO[C@@H](C(C)(C)C)C2)cc(OC)c1. The average molecular weight is 335 g/mol. The number of hydrogen-bond acceptors (Lipinski definition) is 4. The number of nitrogens with zero attached hydrogens (tertiary/aromatic N) is 1. The summed E-state index contributed by atoms with van der Waals surface area (Å²) in [6, 6.07) is 5.74. The predicted molar refractivity (Wildman–Crippen MR) is 93.6 cm³/mol. The van der Waals surface area contributed by atoms with Gasteiger partial charge in [-0.15, -0.1) is 0 Å². The number of rotatable bonds is 5. The zero-order chi connectivity index (χ0) is 17.7. The van der Waals surface area contributed by atoms with Gasteiger partial charge >= 0.3 is 0 Å². The first-order valence-electron chi connectivity index (χ1n) is 8.45. The van der Waals surface area contributed by atoms with Crippen LogP contribution in [0.3, 0.4) is 0 Å². The van der Waals surface area contributed by atoms with Crippen molar-refractivity contribution in [2.75, 3.05) is 33.9 Å². The summed E-state index contributed by atoms with van der Waals surface area (Å²) in [5.74, 6) is 1.67. The van der Waals surface area contributed by atoms with Crippen molar-refractivity contribution < 1.29 is 19.0 Å². The largest absolute Gasteiger partial charge is 0.497 e. The van der Waals surface area contributed by atoms with Gasteiger partial charge in [0.2, 0.25) is 5.91 Å². The maximum atomic E-state index is 12.6. The molecule has 1 heterocycles. The average Bonchev–Trinajstić information content (AvgIpc) is 2.58. The van der Waals surface area contributed by atoms with Crippen LogP contribution in [0, 0.1) is 5.41 Å². The molecule has 0 unspecified atom stereocenters. The lowest BCUT2D eigenvalue weighted by atomic mass is 9.88. The first kappa shape index (κ1) is 18.6. The van der Waals surface area contributed by atoms with Crippen molar-refractivity contribution in [1.82, 2.24) is 4.90 Å². The van der Waals surface area contributed by atoms with Gasteiger partial charge in [0.15, 0.2) is 0 Å². The molecule has 0 saturated carbocycles. The molecule has 0 aliphatic carbocycles. The van der Waals surface area contributed by atoms with Crippen LogP contribution in [-0.4, -0.2) is 50.8 Å². The summed E-state index contributed by atoms with van der Waals surface area (Å²) < 4.78 is 16.4. The highest BCUT2D eigenvalue weighted by Crippen LogP contribution is 2.26. The minimum atomic E-state index is 0.0408. The molecular formula is C19H29NO4. The highest BCUT2D eigenvalue weighted by Gasteiger charge is 2.32. The molecule has 134 valence electrons. The molecule has 0 aromatic heterocycles. The minimum absolute atomic E-state index is 0.0408. The van der Waals surface area contributed by atoms with Crippen molar-refractivity contribution in [2.24, 2.45) is 5.41 Å². The highest BCUT2D eigenvalue weighted by atomic mass is 16.5. The summed E-state index contributed by atoms with van der Waals surface area (Å²) in [5.41, 5.74) is 1.08. The van der Waals surface area contributed by atoms with Gasteiger partial charge < -0.3 is 19.1 Å². The Morgan fingerprint density at radius 1 is 1.21 bits per heavy atom. The lowest BCUT2D eigenvalue weighted by molar-refractivity contribution is -0.143. The van der Waals surface area contributed by atoms with E-state index in [2.05, 4.69) is 20.8 Å². The first-order chi connectivity index (χ1) is 11.3. The van der Waals surface area contributed by atoms with E-state index in [1.165, 1.54) is 0 Å². The van der Waals surface area contributed by atoms with Crippen molar-refractivity contribution in [2.45, 2.75) is 39.7 Å². The van der Waals surface area contributed by atoms with E-state index in [0.717, 1.165) is 17.1 Å². The van der Waals surface area contributed by atoms with Gasteiger partial charge in [0.1, 0.15) is 11.5 Å². The quantitative estimate of drug-likeness (QED) is 0.830. The number of amides is 1. The van der Waals surface area contributed by atoms with E-state index in [0.29, 0.717) is 32.5 Å². The summed E-state index contributed by atoms with van der Waals surface area (Å²) in [6.07, 6.45) is 1.24. The summed E-state index contributed by atoms with van der Waals surface area (Å²) >= 11 is 0. The second-order valence-electron chi connectivity index (χ2n) is 7.29. The third kappa shape index (κ3) is 4.87. The van der Waals surface area contributed by atoms with Crippen molar-refractivity contribution in [1.29, 1.82) is 0 Å². The van der Waals surface area contributed by atoms with E-state index in [-0.39, 0.29) is 17.4 Å². The van der Waals surface area contributed by atoms with Crippen LogP contribution in [0.25, 0.3) is 0 Å². The Morgan fingerprint density at radius 2 is 1.83 bits per heavy atom. The van der Waals surface area contributed by atoms with Crippen LogP contribution in [0.4, 0.5) is 0 Å². The Kier molecular flexibility index (Phi) is 6.10. The molecular weight excluding hydrogens is 306 g/mol. The van der Waals surface area contributed by atoms with Crippen molar-refractivity contribution >= 4 is 5.91 Å². The van der Waals surface area contributed by atoms with Crippen LogP contribution in [0.2, 0.25) is 0 Å². The van der Waals surface area contributed by atoms with E-state index in [1.54, 1.807) is 14.2 Å². The van der Waals surface area contributed by atoms with Gasteiger partial charge in [-0.25, -0.2) is 0 Å². The molecule has 24 heavy (non-hydrogen) atoms. The third-order valence-electron chi connectivity index (χ3n) is 4.42. The fourth-order valence-corrected chi connectivity index (χ4v) is 2.82. The first-order valence-corrected chi connectivity index (χ1v) is 8.45. The number of aryl methyl sites for hydroxylation is 1. The van der Waals surface area contributed by atoms with Gasteiger partial charge in [0, 0.05) is 25.6 Å². The van der Waals surface area contributed by atoms with Crippen LogP contribution in [0.5, 0.6) is 11.5 Å². The van der Waals surface area contributed by atoms with E-state index < -0.39 is 0 Å². The molecule has 1 amide bonds. The third-order valence-corrected chi connectivity index (χ3v) is 4.42. The van der Waals surface area contributed by atoms with E-state index >= 15 is 0 Å². The number of carbonyl (C=O) groups excluding carboxylic acids is 1. The number of methoxy groups -OCH3 is 2. The maximum Gasteiger partial charge on any atom is 0.223 e. The number of benzene rings is 1. The maximum absolute atomic E-state index is 12.6. The van der Waals surface area contributed by atoms with Crippen LogP contribution in [0.15, 0.2) is 18.2 Å². The van der Waals surface area contributed by atoms with Gasteiger partial charge in [0.05, 0.1) is 26.9 Å². The van der Waals surface area contributed by atoms with E-state index in [4.69, 9.17) is 14.2 Å². The molecule has 0 radical (unpaired) electrons. The molecule has 5 nitrogen and oxygen atoms in total. The molecule has 0 bridgehead atoms. The molecule has 1 atom stereocenters. The molecule has 1 fully saturated rings. The monoisotopic (exact) mass is 335 g/mol. The lowest BCUT2D eigenvalue weighted by Gasteiger charge is -2.39. The predicted octanol–water partition coefficient (Wildman–Crippen LogP) is 2.91. The van der Waals surface area contributed by atoms with Gasteiger partial charge in [-0.3, -0.25) is 4.79 Å². The molecule has 0 N–H and O–H groups in total. The van der Waals surface area contributed by atoms with Gasteiger partial charge in [-0.2, -0.15) is 0 Å². The van der Waals surface area contributed by atoms with Crippen molar-refractivity contribution in [3.63, 3.8) is 0 Å². The summed E-state index contributed by atoms with van der Waals surface area (Å²) in [7, 11) is 3.26. The fourth-order valence-electron chi connectivity index (χ4n) is 2.82. The Bertz CT molecular complexity index is 543. The topological polar surface area (TPSA) is 48.0 Å². The molecule has 1 aromatic rings. The van der Waals surface area contributed by atoms with Gasteiger partial charge in [-0.05, 0) is 29.5 Å². The Morgan fingerprint density at radius 3 is 2.38 bits per heavy atom. The molecule has 1 aliphatic heterocycles. The fraction of sp³-hybridized carbons (Fsp3) is 0.632. The molecule has 2 rings (SSSR count). The number of morpholine rings is 1. The zero-order valence-electron chi connectivity index (χ0n) is 15.4. The molecule has 0 spiro atoms. The standard InChI is InChI=1S/C19H29NO4/c1-19(2,3)17-13-20(8-9-24-17)18(21)7-6-14-10-15(22-4)12-16(11-14)23-5/h10-12,17H,6-9,13H2,1-5H3/t17-/m1/s1. The second-order valence-corrected chi connectivity index (χ2v) is 7.29. The summed E-state index contributed by atoms with van der Waals surface area (Å²) in [6.45, 7) is 8.40. The Labute approximate surface area is 144 Å². The van der Waals surface area contributed by atoms with Crippen molar-refractivity contribution in [3.05, 3.63) is 23.8 Å². The smallest absolute Gasteiger partial charge is 0.223 e. The lowest BCUT2D eigenvalue weighted by Crippen LogP contribution is -2.50. The van der Waals surface area contributed by atoms with Crippen LogP contribution in [0.1, 0.15) is 32.8 Å². The second kappa shape index (κ2) is 7.88. The van der Waals surface area contributed by atoms with Crippen molar-refractivity contribution in [3.8, 4) is 11.5 Å². The van der Waals surface area contributed by atoms with Gasteiger partial charge in [-0.1, -0.05) is 20.8 Å². The van der Waals surface area contributed by atoms with E-state index in [1.807, 2.05) is 23.1 Å². The van der Waals surface area contributed by atoms with Crippen LogP contribution >= 0.6 is 0 Å². The number of carbonyl (C=O) groups is 1. The number of hydrogen-bond donors (Lipinski definition) is 0. The summed E-state index contributed by atoms with van der Waals surface area (Å²) in [4.78, 5) is 14.5. The summed E-state index contributed by atoms with van der Waals surface area (Å²) in [5, 5.41) is 0. The molecule has 1 saturated heterocycles. The highest BCUT2D eigenvalue weighted by molar-refractivity contribution is 5.76. The molecule has 1 aromatic carbocycles. The van der Waals surface area contributed by atoms with Gasteiger partial charge in [0.25, 0.3) is 0 Å². The zero-order valence-corrected chi connectivity index (χ0v) is 15.4. The normalized spacial score (nSPS) is 18.4. The van der Waals surface area contributed by atoms with Crippen LogP contribution in [-0.2, 0) is 16.0 Å². The molecule has 5 heteroatoms. The Balaban J connectivity index is 1.95. The van der Waals surface area contributed by atoms with E-state index in [9.17, 15) is 4.79 Å². The molecule has 1 aliphatic rings. The minimum Gasteiger partial charge on any atom is -0.497 e.